The van der Waals surface area contributed by atoms with E-state index in [1.807, 2.05) is 12.1 Å². The van der Waals surface area contributed by atoms with Crippen LogP contribution in [-0.4, -0.2) is 68.1 Å². The third-order valence-corrected chi connectivity index (χ3v) is 5.70. The number of likely N-dealkylation sites (N-methyl/N-ethyl adjacent to an activating group) is 1. The summed E-state index contributed by atoms with van der Waals surface area (Å²) in [7, 11) is 4.66. The largest absolute Gasteiger partial charge is 0.497 e. The number of rotatable bonds is 14. The molecule has 34 heavy (non-hydrogen) atoms. The van der Waals surface area contributed by atoms with Crippen LogP contribution in [0.1, 0.15) is 55.5 Å². The number of carbonyl (C=O) groups is 1. The van der Waals surface area contributed by atoms with E-state index >= 15 is 0 Å². The normalized spacial score (nSPS) is 11.4. The number of aliphatic hydroxyl groups excluding tert-OH is 1. The molecule has 0 amide bonds. The van der Waals surface area contributed by atoms with Crippen molar-refractivity contribution in [3.05, 3.63) is 53.6 Å². The SMILES string of the molecule is CCN(CCCCCCO)C(C)Cc1ccc(OC)cc1.COc1ccc(C(=O)O)cc1OC. The van der Waals surface area contributed by atoms with Crippen molar-refractivity contribution in [2.75, 3.05) is 41.0 Å². The average molecular weight is 476 g/mol. The molecule has 0 aliphatic heterocycles. The molecule has 2 rings (SSSR count). The Hall–Kier alpha value is -2.77. The summed E-state index contributed by atoms with van der Waals surface area (Å²) in [5, 5.41) is 17.5. The fourth-order valence-corrected chi connectivity index (χ4v) is 3.67. The van der Waals surface area contributed by atoms with Crippen LogP contribution in [0.15, 0.2) is 42.5 Å². The van der Waals surface area contributed by atoms with Crippen LogP contribution < -0.4 is 14.2 Å². The number of aliphatic hydroxyl groups is 1. The number of carboxylic acid groups (broad SMARTS) is 1. The van der Waals surface area contributed by atoms with Crippen molar-refractivity contribution in [2.45, 2.75) is 52.0 Å². The van der Waals surface area contributed by atoms with Gasteiger partial charge < -0.3 is 29.3 Å². The fraction of sp³-hybridized carbons (Fsp3) is 0.519. The molecule has 0 saturated carbocycles. The molecule has 0 radical (unpaired) electrons. The van der Waals surface area contributed by atoms with Gasteiger partial charge in [-0.05, 0) is 75.2 Å². The molecular weight excluding hydrogens is 434 g/mol. The van der Waals surface area contributed by atoms with E-state index in [9.17, 15) is 4.79 Å². The summed E-state index contributed by atoms with van der Waals surface area (Å²) in [6.45, 7) is 7.11. The van der Waals surface area contributed by atoms with Crippen LogP contribution in [0.3, 0.4) is 0 Å². The number of ether oxygens (including phenoxy) is 3. The van der Waals surface area contributed by atoms with Crippen LogP contribution >= 0.6 is 0 Å². The van der Waals surface area contributed by atoms with Crippen molar-refractivity contribution < 1.29 is 29.2 Å². The summed E-state index contributed by atoms with van der Waals surface area (Å²) in [4.78, 5) is 13.1. The molecule has 0 spiro atoms. The molecule has 0 fully saturated rings. The topological polar surface area (TPSA) is 88.5 Å². The highest BCUT2D eigenvalue weighted by Gasteiger charge is 2.12. The van der Waals surface area contributed by atoms with E-state index in [4.69, 9.17) is 24.4 Å². The highest BCUT2D eigenvalue weighted by atomic mass is 16.5. The van der Waals surface area contributed by atoms with Gasteiger partial charge in [0.15, 0.2) is 11.5 Å². The minimum Gasteiger partial charge on any atom is -0.497 e. The van der Waals surface area contributed by atoms with E-state index < -0.39 is 5.97 Å². The molecule has 7 nitrogen and oxygen atoms in total. The molecule has 2 N–H and O–H groups in total. The molecular formula is C27H41NO6. The lowest BCUT2D eigenvalue weighted by Gasteiger charge is -2.28. The second kappa shape index (κ2) is 16.8. The summed E-state index contributed by atoms with van der Waals surface area (Å²) in [5.74, 6) is 0.874. The number of unbranched alkanes of at least 4 members (excludes halogenated alkanes) is 3. The van der Waals surface area contributed by atoms with Crippen molar-refractivity contribution >= 4 is 5.97 Å². The number of aromatic carboxylic acids is 1. The zero-order valence-electron chi connectivity index (χ0n) is 21.3. The molecule has 2 aromatic carbocycles. The quantitative estimate of drug-likeness (QED) is 0.376. The molecule has 1 unspecified atom stereocenters. The van der Waals surface area contributed by atoms with Crippen LogP contribution in [0.4, 0.5) is 0 Å². The molecule has 190 valence electrons. The van der Waals surface area contributed by atoms with Gasteiger partial charge in [0.05, 0.1) is 26.9 Å². The molecule has 7 heteroatoms. The van der Waals surface area contributed by atoms with Crippen LogP contribution in [0.25, 0.3) is 0 Å². The van der Waals surface area contributed by atoms with E-state index in [-0.39, 0.29) is 5.56 Å². The number of methoxy groups -OCH3 is 3. The number of hydrogen-bond acceptors (Lipinski definition) is 6. The van der Waals surface area contributed by atoms with Gasteiger partial charge in [-0.15, -0.1) is 0 Å². The maximum absolute atomic E-state index is 10.6. The molecule has 0 aliphatic carbocycles. The van der Waals surface area contributed by atoms with E-state index in [1.165, 1.54) is 44.8 Å². The minimum absolute atomic E-state index is 0.178. The number of carboxylic acids is 1. The van der Waals surface area contributed by atoms with Crippen LogP contribution in [-0.2, 0) is 6.42 Å². The maximum Gasteiger partial charge on any atom is 0.335 e. The Morgan fingerprint density at radius 2 is 1.56 bits per heavy atom. The maximum atomic E-state index is 10.6. The lowest BCUT2D eigenvalue weighted by molar-refractivity contribution is 0.0696. The predicted molar refractivity (Wildman–Crippen MR) is 135 cm³/mol. The van der Waals surface area contributed by atoms with Gasteiger partial charge in [0.2, 0.25) is 0 Å². The smallest absolute Gasteiger partial charge is 0.335 e. The second-order valence-electron chi connectivity index (χ2n) is 8.04. The number of benzene rings is 2. The summed E-state index contributed by atoms with van der Waals surface area (Å²) in [5.41, 5.74) is 1.54. The Balaban J connectivity index is 0.000000380. The Morgan fingerprint density at radius 1 is 0.912 bits per heavy atom. The highest BCUT2D eigenvalue weighted by molar-refractivity contribution is 5.88. The first-order valence-corrected chi connectivity index (χ1v) is 11.8. The molecule has 0 saturated heterocycles. The van der Waals surface area contributed by atoms with E-state index in [0.29, 0.717) is 24.1 Å². The molecule has 0 heterocycles. The standard InChI is InChI=1S/C18H31NO2.C9H10O4/c1-4-19(13-7-5-6-8-14-20)16(2)15-17-9-11-18(21-3)12-10-17;1-12-7-4-3-6(9(10)11)5-8(7)13-2/h9-12,16,20H,4-8,13-15H2,1-3H3;3-5H,1-2H3,(H,10,11). The van der Waals surface area contributed by atoms with Crippen molar-refractivity contribution in [3.8, 4) is 17.2 Å². The first kappa shape index (κ1) is 29.3. The molecule has 0 bridgehead atoms. The van der Waals surface area contributed by atoms with Crippen molar-refractivity contribution in [1.82, 2.24) is 4.90 Å². The van der Waals surface area contributed by atoms with Crippen molar-refractivity contribution in [2.24, 2.45) is 0 Å². The first-order valence-electron chi connectivity index (χ1n) is 11.8. The first-order chi connectivity index (χ1) is 16.4. The zero-order chi connectivity index (χ0) is 25.3. The third kappa shape index (κ3) is 10.4. The lowest BCUT2D eigenvalue weighted by atomic mass is 10.1. The Kier molecular flexibility index (Phi) is 14.4. The van der Waals surface area contributed by atoms with E-state index in [0.717, 1.165) is 38.1 Å². The molecule has 0 aliphatic rings. The molecule has 1 atom stereocenters. The van der Waals surface area contributed by atoms with Gasteiger partial charge in [-0.1, -0.05) is 31.9 Å². The predicted octanol–water partition coefficient (Wildman–Crippen LogP) is 4.90. The Bertz CT molecular complexity index is 824. The van der Waals surface area contributed by atoms with Gasteiger partial charge in [0.1, 0.15) is 5.75 Å². The van der Waals surface area contributed by atoms with Crippen LogP contribution in [0, 0.1) is 0 Å². The zero-order valence-corrected chi connectivity index (χ0v) is 21.3. The fourth-order valence-electron chi connectivity index (χ4n) is 3.67. The van der Waals surface area contributed by atoms with Crippen LogP contribution in [0.5, 0.6) is 17.2 Å². The lowest BCUT2D eigenvalue weighted by Crippen LogP contribution is -2.35. The van der Waals surface area contributed by atoms with Crippen molar-refractivity contribution in [1.29, 1.82) is 0 Å². The van der Waals surface area contributed by atoms with Gasteiger partial charge in [-0.2, -0.15) is 0 Å². The van der Waals surface area contributed by atoms with Gasteiger partial charge in [0, 0.05) is 12.6 Å². The average Bonchev–Trinajstić information content (AvgIpc) is 2.86. The monoisotopic (exact) mass is 475 g/mol. The molecule has 0 aromatic heterocycles. The summed E-state index contributed by atoms with van der Waals surface area (Å²) in [6.07, 6.45) is 5.59. The van der Waals surface area contributed by atoms with Gasteiger partial charge in [0.25, 0.3) is 0 Å². The highest BCUT2D eigenvalue weighted by Crippen LogP contribution is 2.27. The van der Waals surface area contributed by atoms with Gasteiger partial charge in [-0.25, -0.2) is 4.79 Å². The van der Waals surface area contributed by atoms with Crippen molar-refractivity contribution in [3.63, 3.8) is 0 Å². The Morgan fingerprint density at radius 3 is 2.09 bits per heavy atom. The van der Waals surface area contributed by atoms with Crippen LogP contribution in [0.2, 0.25) is 0 Å². The van der Waals surface area contributed by atoms with Gasteiger partial charge >= 0.3 is 5.97 Å². The van der Waals surface area contributed by atoms with Gasteiger partial charge in [-0.3, -0.25) is 0 Å². The summed E-state index contributed by atoms with van der Waals surface area (Å²) in [6, 6.07) is 13.4. The van der Waals surface area contributed by atoms with E-state index in [1.54, 1.807) is 13.2 Å². The minimum atomic E-state index is -0.985. The summed E-state index contributed by atoms with van der Waals surface area (Å²) >= 11 is 0. The second-order valence-corrected chi connectivity index (χ2v) is 8.04. The molecule has 2 aromatic rings. The number of hydrogen-bond donors (Lipinski definition) is 2. The third-order valence-electron chi connectivity index (χ3n) is 5.70. The number of nitrogens with zero attached hydrogens (tertiary/aromatic N) is 1. The van der Waals surface area contributed by atoms with E-state index in [2.05, 4.69) is 30.9 Å². The Labute approximate surface area is 204 Å². The summed E-state index contributed by atoms with van der Waals surface area (Å²) < 4.78 is 15.1.